The van der Waals surface area contributed by atoms with E-state index in [1.807, 2.05) is 0 Å². The molecule has 1 aromatic rings. The van der Waals surface area contributed by atoms with Crippen LogP contribution >= 0.6 is 0 Å². The topological polar surface area (TPSA) is 38.0 Å². The molecular formula is C14H22N2. The van der Waals surface area contributed by atoms with Crippen molar-refractivity contribution < 1.29 is 0 Å². The van der Waals surface area contributed by atoms with Gasteiger partial charge in [0.2, 0.25) is 0 Å². The van der Waals surface area contributed by atoms with Gasteiger partial charge in [0, 0.05) is 12.0 Å². The standard InChI is InChI=1S/C14H22N2/c1-10(2)9-14(16-15)13-8-7-11-5-3-4-6-12(11)13/h3-6,10,13-14,16H,7-9,15H2,1-2H3. The van der Waals surface area contributed by atoms with Gasteiger partial charge in [-0.2, -0.15) is 0 Å². The van der Waals surface area contributed by atoms with Crippen molar-refractivity contribution in [1.29, 1.82) is 0 Å². The van der Waals surface area contributed by atoms with Gasteiger partial charge in [-0.25, -0.2) is 0 Å². The van der Waals surface area contributed by atoms with Crippen LogP contribution in [-0.2, 0) is 6.42 Å². The summed E-state index contributed by atoms with van der Waals surface area (Å²) < 4.78 is 0. The van der Waals surface area contributed by atoms with Crippen molar-refractivity contribution in [3.8, 4) is 0 Å². The molecule has 0 radical (unpaired) electrons. The number of benzene rings is 1. The van der Waals surface area contributed by atoms with E-state index in [4.69, 9.17) is 5.84 Å². The Morgan fingerprint density at radius 3 is 2.81 bits per heavy atom. The van der Waals surface area contributed by atoms with Crippen molar-refractivity contribution >= 4 is 0 Å². The lowest BCUT2D eigenvalue weighted by Gasteiger charge is -2.25. The van der Waals surface area contributed by atoms with Crippen LogP contribution < -0.4 is 11.3 Å². The SMILES string of the molecule is CC(C)CC(NN)C1CCc2ccccc21. The summed E-state index contributed by atoms with van der Waals surface area (Å²) in [6.45, 7) is 4.51. The van der Waals surface area contributed by atoms with Gasteiger partial charge in [-0.3, -0.25) is 11.3 Å². The predicted molar refractivity (Wildman–Crippen MR) is 68.1 cm³/mol. The van der Waals surface area contributed by atoms with E-state index in [0.29, 0.717) is 17.9 Å². The molecule has 0 bridgehead atoms. The van der Waals surface area contributed by atoms with Crippen molar-refractivity contribution in [2.45, 2.75) is 45.1 Å². The van der Waals surface area contributed by atoms with Crippen molar-refractivity contribution in [2.24, 2.45) is 11.8 Å². The van der Waals surface area contributed by atoms with Gasteiger partial charge < -0.3 is 0 Å². The molecular weight excluding hydrogens is 196 g/mol. The summed E-state index contributed by atoms with van der Waals surface area (Å²) >= 11 is 0. The summed E-state index contributed by atoms with van der Waals surface area (Å²) in [5, 5.41) is 0. The molecule has 16 heavy (non-hydrogen) atoms. The van der Waals surface area contributed by atoms with Crippen LogP contribution in [0.15, 0.2) is 24.3 Å². The molecule has 0 fully saturated rings. The molecule has 2 unspecified atom stereocenters. The van der Waals surface area contributed by atoms with Crippen LogP contribution in [0, 0.1) is 5.92 Å². The van der Waals surface area contributed by atoms with Crippen molar-refractivity contribution in [2.75, 3.05) is 0 Å². The fraction of sp³-hybridized carbons (Fsp3) is 0.571. The zero-order valence-corrected chi connectivity index (χ0v) is 10.2. The number of nitrogens with one attached hydrogen (secondary N) is 1. The first-order valence-electron chi connectivity index (χ1n) is 6.26. The Morgan fingerprint density at radius 1 is 1.38 bits per heavy atom. The third-order valence-corrected chi connectivity index (χ3v) is 3.60. The highest BCUT2D eigenvalue weighted by Crippen LogP contribution is 2.36. The highest BCUT2D eigenvalue weighted by molar-refractivity contribution is 5.35. The number of nitrogens with two attached hydrogens (primary N) is 1. The van der Waals surface area contributed by atoms with E-state index >= 15 is 0 Å². The Balaban J connectivity index is 2.16. The summed E-state index contributed by atoms with van der Waals surface area (Å²) in [5.41, 5.74) is 6.03. The lowest BCUT2D eigenvalue weighted by molar-refractivity contribution is 0.367. The van der Waals surface area contributed by atoms with Crippen LogP contribution in [0.5, 0.6) is 0 Å². The first-order chi connectivity index (χ1) is 7.72. The van der Waals surface area contributed by atoms with Crippen LogP contribution in [0.2, 0.25) is 0 Å². The molecule has 1 aliphatic rings. The Labute approximate surface area is 98.2 Å². The van der Waals surface area contributed by atoms with E-state index < -0.39 is 0 Å². The highest BCUT2D eigenvalue weighted by atomic mass is 15.2. The number of hydrogen-bond acceptors (Lipinski definition) is 2. The molecule has 2 rings (SSSR count). The second-order valence-electron chi connectivity index (χ2n) is 5.25. The van der Waals surface area contributed by atoms with Crippen LogP contribution in [0.4, 0.5) is 0 Å². The molecule has 0 saturated carbocycles. The molecule has 88 valence electrons. The number of rotatable bonds is 4. The van der Waals surface area contributed by atoms with E-state index in [0.717, 1.165) is 6.42 Å². The molecule has 2 heteroatoms. The molecule has 0 saturated heterocycles. The number of fused-ring (bicyclic) bond motifs is 1. The summed E-state index contributed by atoms with van der Waals surface area (Å²) in [4.78, 5) is 0. The quantitative estimate of drug-likeness (QED) is 0.602. The Hall–Kier alpha value is -0.860. The van der Waals surface area contributed by atoms with Crippen molar-refractivity contribution in [1.82, 2.24) is 5.43 Å². The fourth-order valence-corrected chi connectivity index (χ4v) is 2.86. The van der Waals surface area contributed by atoms with Gasteiger partial charge in [0.05, 0.1) is 0 Å². The normalized spacial score (nSPS) is 21.1. The Morgan fingerprint density at radius 2 is 2.12 bits per heavy atom. The monoisotopic (exact) mass is 218 g/mol. The second kappa shape index (κ2) is 4.98. The average molecular weight is 218 g/mol. The number of hydrogen-bond donors (Lipinski definition) is 2. The second-order valence-corrected chi connectivity index (χ2v) is 5.25. The van der Waals surface area contributed by atoms with E-state index in [1.54, 1.807) is 0 Å². The lowest BCUT2D eigenvalue weighted by atomic mass is 9.88. The third-order valence-electron chi connectivity index (χ3n) is 3.60. The smallest absolute Gasteiger partial charge is 0.0281 e. The van der Waals surface area contributed by atoms with E-state index in [1.165, 1.54) is 24.0 Å². The molecule has 0 spiro atoms. The van der Waals surface area contributed by atoms with Gasteiger partial charge in [-0.15, -0.1) is 0 Å². The molecule has 2 nitrogen and oxygen atoms in total. The summed E-state index contributed by atoms with van der Waals surface area (Å²) in [7, 11) is 0. The van der Waals surface area contributed by atoms with Gasteiger partial charge in [-0.05, 0) is 36.3 Å². The molecule has 0 amide bonds. The summed E-state index contributed by atoms with van der Waals surface area (Å²) in [6, 6.07) is 9.20. The van der Waals surface area contributed by atoms with E-state index in [9.17, 15) is 0 Å². The zero-order valence-electron chi connectivity index (χ0n) is 10.2. The minimum atomic E-state index is 0.420. The van der Waals surface area contributed by atoms with Crippen LogP contribution in [-0.4, -0.2) is 6.04 Å². The highest BCUT2D eigenvalue weighted by Gasteiger charge is 2.29. The predicted octanol–water partition coefficient (Wildman–Crippen LogP) is 2.59. The third kappa shape index (κ3) is 2.28. The summed E-state index contributed by atoms with van der Waals surface area (Å²) in [5.74, 6) is 7.00. The maximum atomic E-state index is 5.71. The number of hydrazine groups is 1. The molecule has 0 aromatic heterocycles. The first-order valence-corrected chi connectivity index (χ1v) is 6.26. The van der Waals surface area contributed by atoms with Crippen molar-refractivity contribution in [3.05, 3.63) is 35.4 Å². The van der Waals surface area contributed by atoms with E-state index in [-0.39, 0.29) is 0 Å². The molecule has 2 atom stereocenters. The largest absolute Gasteiger partial charge is 0.271 e. The Kier molecular flexibility index (Phi) is 3.62. The zero-order chi connectivity index (χ0) is 11.5. The van der Waals surface area contributed by atoms with E-state index in [2.05, 4.69) is 43.5 Å². The van der Waals surface area contributed by atoms with Crippen LogP contribution in [0.1, 0.15) is 43.7 Å². The van der Waals surface area contributed by atoms with Crippen LogP contribution in [0.3, 0.4) is 0 Å². The van der Waals surface area contributed by atoms with Gasteiger partial charge >= 0.3 is 0 Å². The fourth-order valence-electron chi connectivity index (χ4n) is 2.86. The van der Waals surface area contributed by atoms with Gasteiger partial charge in [0.1, 0.15) is 0 Å². The first kappa shape index (κ1) is 11.6. The van der Waals surface area contributed by atoms with Crippen LogP contribution in [0.25, 0.3) is 0 Å². The minimum Gasteiger partial charge on any atom is -0.271 e. The van der Waals surface area contributed by atoms with Gasteiger partial charge in [0.25, 0.3) is 0 Å². The molecule has 0 aliphatic heterocycles. The maximum Gasteiger partial charge on any atom is 0.0281 e. The van der Waals surface area contributed by atoms with Crippen molar-refractivity contribution in [3.63, 3.8) is 0 Å². The molecule has 3 N–H and O–H groups in total. The van der Waals surface area contributed by atoms with Gasteiger partial charge in [0.15, 0.2) is 0 Å². The average Bonchev–Trinajstić information content (AvgIpc) is 2.69. The number of aryl methyl sites for hydroxylation is 1. The molecule has 1 aromatic carbocycles. The maximum absolute atomic E-state index is 5.71. The minimum absolute atomic E-state index is 0.420. The lowest BCUT2D eigenvalue weighted by Crippen LogP contribution is -2.40. The molecule has 0 heterocycles. The summed E-state index contributed by atoms with van der Waals surface area (Å²) in [6.07, 6.45) is 3.59. The van der Waals surface area contributed by atoms with Gasteiger partial charge in [-0.1, -0.05) is 38.1 Å². The Bertz CT molecular complexity index is 346. The molecule has 1 aliphatic carbocycles.